The van der Waals surface area contributed by atoms with Crippen molar-refractivity contribution in [2.24, 2.45) is 0 Å². The second kappa shape index (κ2) is 7.35. The van der Waals surface area contributed by atoms with Gasteiger partial charge < -0.3 is 16.0 Å². The van der Waals surface area contributed by atoms with Gasteiger partial charge in [-0.05, 0) is 55.3 Å². The highest BCUT2D eigenvalue weighted by Gasteiger charge is 2.34. The van der Waals surface area contributed by atoms with Crippen LogP contribution >= 0.6 is 11.6 Å². The van der Waals surface area contributed by atoms with Gasteiger partial charge in [0.05, 0.1) is 28.4 Å². The number of benzene rings is 2. The molecule has 0 saturated heterocycles. The van der Waals surface area contributed by atoms with Crippen molar-refractivity contribution in [3.63, 3.8) is 0 Å². The number of amides is 2. The highest BCUT2D eigenvalue weighted by molar-refractivity contribution is 6.31. The molecule has 9 heteroatoms. The summed E-state index contributed by atoms with van der Waals surface area (Å²) in [4.78, 5) is 24.5. The van der Waals surface area contributed by atoms with E-state index in [0.717, 1.165) is 23.3 Å². The van der Waals surface area contributed by atoms with Crippen LogP contribution in [0.4, 0.5) is 30.2 Å². The summed E-state index contributed by atoms with van der Waals surface area (Å²) >= 11 is 5.57. The van der Waals surface area contributed by atoms with Gasteiger partial charge in [-0.1, -0.05) is 11.6 Å². The van der Waals surface area contributed by atoms with E-state index in [1.807, 2.05) is 26.0 Å². The number of carbonyl (C=O) groups excluding carboxylic acids is 2. The zero-order valence-electron chi connectivity index (χ0n) is 15.0. The Morgan fingerprint density at radius 1 is 1.14 bits per heavy atom. The van der Waals surface area contributed by atoms with E-state index in [1.165, 1.54) is 6.07 Å². The number of hydrogen-bond acceptors (Lipinski definition) is 3. The molecule has 0 aliphatic carbocycles. The summed E-state index contributed by atoms with van der Waals surface area (Å²) in [5, 5.41) is 7.66. The van der Waals surface area contributed by atoms with E-state index < -0.39 is 34.6 Å². The zero-order valence-corrected chi connectivity index (χ0v) is 15.8. The molecule has 1 aliphatic rings. The monoisotopic (exact) mass is 411 g/mol. The molecule has 2 amide bonds. The van der Waals surface area contributed by atoms with Crippen LogP contribution in [-0.2, 0) is 15.8 Å². The molecular weight excluding hydrogens is 395 g/mol. The number of nitrogens with one attached hydrogen (secondary N) is 3. The lowest BCUT2D eigenvalue weighted by atomic mass is 10.0. The smallest absolute Gasteiger partial charge is 0.372 e. The fourth-order valence-electron chi connectivity index (χ4n) is 2.87. The number of alkyl halides is 3. The Bertz CT molecular complexity index is 960. The van der Waals surface area contributed by atoms with Crippen molar-refractivity contribution in [2.75, 3.05) is 16.0 Å². The number of aryl methyl sites for hydroxylation is 2. The standard InChI is InChI=1S/C19H17ClF3N3O2/c1-9-5-14-15(6-10(9)2)26-18(28)16(25-14)8-17(27)24-11-3-4-13(20)12(7-11)19(21,22)23/h3-7,16,25H,8H2,1-2H3,(H,24,27)(H,26,28)/t16-/m0/s1. The van der Waals surface area contributed by atoms with Crippen LogP contribution in [0, 0.1) is 13.8 Å². The molecule has 28 heavy (non-hydrogen) atoms. The van der Waals surface area contributed by atoms with Crippen molar-refractivity contribution in [3.05, 3.63) is 52.0 Å². The number of rotatable bonds is 3. The maximum Gasteiger partial charge on any atom is 0.417 e. The minimum Gasteiger partial charge on any atom is -0.372 e. The molecule has 0 fully saturated rings. The largest absolute Gasteiger partial charge is 0.417 e. The second-order valence-electron chi connectivity index (χ2n) is 6.61. The van der Waals surface area contributed by atoms with Gasteiger partial charge in [-0.2, -0.15) is 13.2 Å². The van der Waals surface area contributed by atoms with Crippen LogP contribution in [0.2, 0.25) is 5.02 Å². The Labute approximate surface area is 164 Å². The number of carbonyl (C=O) groups is 2. The fraction of sp³-hybridized carbons (Fsp3) is 0.263. The van der Waals surface area contributed by atoms with Gasteiger partial charge >= 0.3 is 6.18 Å². The highest BCUT2D eigenvalue weighted by atomic mass is 35.5. The van der Waals surface area contributed by atoms with Crippen molar-refractivity contribution < 1.29 is 22.8 Å². The summed E-state index contributed by atoms with van der Waals surface area (Å²) in [5.41, 5.74) is 2.25. The minimum absolute atomic E-state index is 0.0511. The van der Waals surface area contributed by atoms with Crippen molar-refractivity contribution in [1.82, 2.24) is 0 Å². The molecular formula is C19H17ClF3N3O2. The quantitative estimate of drug-likeness (QED) is 0.683. The highest BCUT2D eigenvalue weighted by Crippen LogP contribution is 2.36. The summed E-state index contributed by atoms with van der Waals surface area (Å²) in [6.07, 6.45) is -4.88. The molecule has 0 aromatic heterocycles. The Morgan fingerprint density at radius 2 is 1.79 bits per heavy atom. The van der Waals surface area contributed by atoms with Crippen LogP contribution in [0.3, 0.4) is 0 Å². The number of anilines is 3. The molecule has 0 unspecified atom stereocenters. The van der Waals surface area contributed by atoms with Crippen molar-refractivity contribution in [3.8, 4) is 0 Å². The SMILES string of the molecule is Cc1cc2c(cc1C)N[C@@H](CC(=O)Nc1ccc(Cl)c(C(F)(F)F)c1)C(=O)N2. The predicted octanol–water partition coefficient (Wildman–Crippen LogP) is 4.74. The third-order valence-electron chi connectivity index (χ3n) is 4.48. The van der Waals surface area contributed by atoms with E-state index >= 15 is 0 Å². The van der Waals surface area contributed by atoms with Gasteiger partial charge in [0.1, 0.15) is 6.04 Å². The summed E-state index contributed by atoms with van der Waals surface area (Å²) in [6.45, 7) is 3.84. The first-order chi connectivity index (χ1) is 13.0. The molecule has 1 aliphatic heterocycles. The van der Waals surface area contributed by atoms with Crippen molar-refractivity contribution in [1.29, 1.82) is 0 Å². The summed E-state index contributed by atoms with van der Waals surface area (Å²) in [6, 6.07) is 5.94. The Balaban J connectivity index is 1.72. The molecule has 0 radical (unpaired) electrons. The van der Waals surface area contributed by atoms with Crippen LogP contribution in [-0.4, -0.2) is 17.9 Å². The topological polar surface area (TPSA) is 70.2 Å². The fourth-order valence-corrected chi connectivity index (χ4v) is 3.10. The summed E-state index contributed by atoms with van der Waals surface area (Å²) in [5.74, 6) is -0.992. The van der Waals surface area contributed by atoms with Crippen molar-refractivity contribution in [2.45, 2.75) is 32.5 Å². The van der Waals surface area contributed by atoms with E-state index in [4.69, 9.17) is 11.6 Å². The first-order valence-corrected chi connectivity index (χ1v) is 8.77. The van der Waals surface area contributed by atoms with E-state index in [1.54, 1.807) is 0 Å². The van der Waals surface area contributed by atoms with Gasteiger partial charge in [0.25, 0.3) is 0 Å². The van der Waals surface area contributed by atoms with Gasteiger partial charge in [0, 0.05) is 5.69 Å². The normalized spacial score (nSPS) is 16.1. The average molecular weight is 412 g/mol. The molecule has 1 atom stereocenters. The lowest BCUT2D eigenvalue weighted by Crippen LogP contribution is -2.41. The van der Waals surface area contributed by atoms with Gasteiger partial charge in [0.15, 0.2) is 0 Å². The third kappa shape index (κ3) is 4.22. The van der Waals surface area contributed by atoms with E-state index in [-0.39, 0.29) is 12.1 Å². The van der Waals surface area contributed by atoms with E-state index in [0.29, 0.717) is 11.4 Å². The second-order valence-corrected chi connectivity index (χ2v) is 7.02. The van der Waals surface area contributed by atoms with Crippen LogP contribution in [0.25, 0.3) is 0 Å². The molecule has 2 aromatic carbocycles. The molecule has 3 N–H and O–H groups in total. The van der Waals surface area contributed by atoms with Gasteiger partial charge in [-0.3, -0.25) is 9.59 Å². The van der Waals surface area contributed by atoms with Gasteiger partial charge in [0.2, 0.25) is 11.8 Å². The molecule has 0 saturated carbocycles. The minimum atomic E-state index is -4.64. The molecule has 5 nitrogen and oxygen atoms in total. The number of fused-ring (bicyclic) bond motifs is 1. The Kier molecular flexibility index (Phi) is 5.25. The third-order valence-corrected chi connectivity index (χ3v) is 4.81. The molecule has 1 heterocycles. The summed E-state index contributed by atoms with van der Waals surface area (Å²) < 4.78 is 38.8. The summed E-state index contributed by atoms with van der Waals surface area (Å²) in [7, 11) is 0. The van der Waals surface area contributed by atoms with Crippen LogP contribution < -0.4 is 16.0 Å². The van der Waals surface area contributed by atoms with E-state index in [9.17, 15) is 22.8 Å². The first kappa shape index (κ1) is 20.0. The number of halogens is 4. The molecule has 3 rings (SSSR count). The van der Waals surface area contributed by atoms with Crippen LogP contribution in [0.5, 0.6) is 0 Å². The maximum absolute atomic E-state index is 12.9. The molecule has 0 bridgehead atoms. The lowest BCUT2D eigenvalue weighted by molar-refractivity contribution is -0.137. The molecule has 0 spiro atoms. The van der Waals surface area contributed by atoms with E-state index in [2.05, 4.69) is 16.0 Å². The van der Waals surface area contributed by atoms with Crippen LogP contribution in [0.15, 0.2) is 30.3 Å². The molecule has 148 valence electrons. The van der Waals surface area contributed by atoms with Crippen molar-refractivity contribution >= 4 is 40.5 Å². The Hall–Kier alpha value is -2.74. The number of hydrogen-bond donors (Lipinski definition) is 3. The first-order valence-electron chi connectivity index (χ1n) is 8.40. The molecule has 2 aromatic rings. The predicted molar refractivity (Wildman–Crippen MR) is 102 cm³/mol. The van der Waals surface area contributed by atoms with Gasteiger partial charge in [-0.25, -0.2) is 0 Å². The van der Waals surface area contributed by atoms with Gasteiger partial charge in [-0.15, -0.1) is 0 Å². The average Bonchev–Trinajstić information content (AvgIpc) is 2.58. The van der Waals surface area contributed by atoms with Crippen LogP contribution in [0.1, 0.15) is 23.1 Å². The Morgan fingerprint density at radius 3 is 2.43 bits per heavy atom. The lowest BCUT2D eigenvalue weighted by Gasteiger charge is -2.27. The maximum atomic E-state index is 12.9. The zero-order chi connectivity index (χ0) is 20.6.